The van der Waals surface area contributed by atoms with E-state index in [9.17, 15) is 4.79 Å². The highest BCUT2D eigenvalue weighted by atomic mass is 16.5. The normalized spacial score (nSPS) is 10.6. The fourth-order valence-corrected chi connectivity index (χ4v) is 1.96. The Hall–Kier alpha value is -2.96. The monoisotopic (exact) mass is 299 g/mol. The molecule has 112 valence electrons. The van der Waals surface area contributed by atoms with Crippen molar-refractivity contribution < 1.29 is 18.4 Å². The zero-order valence-electron chi connectivity index (χ0n) is 12.1. The maximum Gasteiger partial charge on any atom is 0.338 e. The summed E-state index contributed by atoms with van der Waals surface area (Å²) in [5.41, 5.74) is 1.15. The van der Waals surface area contributed by atoms with Crippen LogP contribution >= 0.6 is 0 Å². The van der Waals surface area contributed by atoms with E-state index in [1.54, 1.807) is 12.1 Å². The van der Waals surface area contributed by atoms with Crippen molar-refractivity contribution in [1.82, 2.24) is 15.2 Å². The smallest absolute Gasteiger partial charge is 0.338 e. The second kappa shape index (κ2) is 5.80. The van der Waals surface area contributed by atoms with E-state index in [0.29, 0.717) is 17.2 Å². The SMILES string of the molecule is Cc1cc(-c2nnc(COC(=O)c3ccncc3)o2)c(C)o1. The first-order valence-electron chi connectivity index (χ1n) is 6.60. The molecular formula is C15H13N3O4. The van der Waals surface area contributed by atoms with Gasteiger partial charge in [-0.25, -0.2) is 4.79 Å². The number of furan rings is 1. The molecule has 0 bridgehead atoms. The number of carbonyl (C=O) groups excluding carboxylic acids is 1. The molecule has 0 aliphatic carbocycles. The zero-order chi connectivity index (χ0) is 15.5. The van der Waals surface area contributed by atoms with Gasteiger partial charge in [-0.15, -0.1) is 10.2 Å². The van der Waals surface area contributed by atoms with Gasteiger partial charge in [0.25, 0.3) is 11.8 Å². The van der Waals surface area contributed by atoms with Crippen LogP contribution in [-0.4, -0.2) is 21.2 Å². The average Bonchev–Trinajstić information content (AvgIpc) is 3.12. The number of esters is 1. The first kappa shape index (κ1) is 14.0. The molecule has 3 aromatic heterocycles. The molecule has 0 saturated heterocycles. The predicted octanol–water partition coefficient (Wildman–Crippen LogP) is 2.70. The standard InChI is InChI=1S/C15H13N3O4/c1-9-7-12(10(2)21-9)14-18-17-13(22-14)8-20-15(19)11-3-5-16-6-4-11/h3-7H,8H2,1-2H3. The van der Waals surface area contributed by atoms with Gasteiger partial charge in [0.15, 0.2) is 6.61 Å². The quantitative estimate of drug-likeness (QED) is 0.684. The topological polar surface area (TPSA) is 91.2 Å². The van der Waals surface area contributed by atoms with E-state index >= 15 is 0 Å². The van der Waals surface area contributed by atoms with E-state index in [-0.39, 0.29) is 12.5 Å². The Morgan fingerprint density at radius 3 is 2.64 bits per heavy atom. The fourth-order valence-electron chi connectivity index (χ4n) is 1.96. The van der Waals surface area contributed by atoms with E-state index < -0.39 is 5.97 Å². The number of hydrogen-bond donors (Lipinski definition) is 0. The molecule has 0 aromatic carbocycles. The summed E-state index contributed by atoms with van der Waals surface area (Å²) < 4.78 is 16.0. The lowest BCUT2D eigenvalue weighted by Gasteiger charge is -2.00. The molecule has 3 rings (SSSR count). The number of nitrogens with zero attached hydrogens (tertiary/aromatic N) is 3. The van der Waals surface area contributed by atoms with Crippen LogP contribution in [0.3, 0.4) is 0 Å². The fraction of sp³-hybridized carbons (Fsp3) is 0.200. The van der Waals surface area contributed by atoms with Gasteiger partial charge in [0.05, 0.1) is 11.1 Å². The molecule has 0 aliphatic heterocycles. The molecule has 7 nitrogen and oxygen atoms in total. The number of aromatic nitrogens is 3. The highest BCUT2D eigenvalue weighted by Crippen LogP contribution is 2.25. The lowest BCUT2D eigenvalue weighted by atomic mass is 10.2. The Bertz CT molecular complexity index is 792. The van der Waals surface area contributed by atoms with E-state index in [1.807, 2.05) is 19.9 Å². The van der Waals surface area contributed by atoms with Crippen molar-refractivity contribution in [3.63, 3.8) is 0 Å². The molecule has 0 saturated carbocycles. The van der Waals surface area contributed by atoms with Gasteiger partial charge in [-0.05, 0) is 32.0 Å². The Labute approximate surface area is 125 Å². The summed E-state index contributed by atoms with van der Waals surface area (Å²) in [6.07, 6.45) is 3.04. The molecule has 0 atom stereocenters. The molecule has 0 aliphatic rings. The van der Waals surface area contributed by atoms with Crippen molar-refractivity contribution in [2.24, 2.45) is 0 Å². The molecule has 3 heterocycles. The number of ether oxygens (including phenoxy) is 1. The van der Waals surface area contributed by atoms with Gasteiger partial charge in [-0.3, -0.25) is 4.98 Å². The molecule has 0 radical (unpaired) electrons. The third kappa shape index (κ3) is 2.88. The van der Waals surface area contributed by atoms with Crippen LogP contribution in [0.2, 0.25) is 0 Å². The highest BCUT2D eigenvalue weighted by Gasteiger charge is 2.16. The lowest BCUT2D eigenvalue weighted by molar-refractivity contribution is 0.0438. The van der Waals surface area contributed by atoms with E-state index in [0.717, 1.165) is 11.3 Å². The van der Waals surface area contributed by atoms with E-state index in [2.05, 4.69) is 15.2 Å². The van der Waals surface area contributed by atoms with Crippen molar-refractivity contribution in [3.05, 3.63) is 53.6 Å². The molecule has 0 fully saturated rings. The number of aryl methyl sites for hydroxylation is 2. The summed E-state index contributed by atoms with van der Waals surface area (Å²) in [5, 5.41) is 7.79. The summed E-state index contributed by atoms with van der Waals surface area (Å²) >= 11 is 0. The number of carbonyl (C=O) groups is 1. The minimum atomic E-state index is -0.475. The van der Waals surface area contributed by atoms with Crippen LogP contribution < -0.4 is 0 Å². The van der Waals surface area contributed by atoms with Crippen LogP contribution in [0.1, 0.15) is 27.8 Å². The van der Waals surface area contributed by atoms with Crippen molar-refractivity contribution in [3.8, 4) is 11.5 Å². The first-order chi connectivity index (χ1) is 10.6. The minimum absolute atomic E-state index is 0.0932. The molecule has 22 heavy (non-hydrogen) atoms. The zero-order valence-corrected chi connectivity index (χ0v) is 12.1. The Balaban J connectivity index is 1.68. The van der Waals surface area contributed by atoms with Gasteiger partial charge in [-0.2, -0.15) is 0 Å². The Kier molecular flexibility index (Phi) is 3.69. The van der Waals surface area contributed by atoms with Crippen molar-refractivity contribution >= 4 is 5.97 Å². The predicted molar refractivity (Wildman–Crippen MR) is 74.8 cm³/mol. The van der Waals surface area contributed by atoms with Crippen LogP contribution in [0.5, 0.6) is 0 Å². The molecular weight excluding hydrogens is 286 g/mol. The molecule has 0 N–H and O–H groups in total. The number of rotatable bonds is 4. The van der Waals surface area contributed by atoms with Crippen LogP contribution in [0.25, 0.3) is 11.5 Å². The van der Waals surface area contributed by atoms with Gasteiger partial charge in [0, 0.05) is 12.4 Å². The van der Waals surface area contributed by atoms with Crippen molar-refractivity contribution in [2.75, 3.05) is 0 Å². The Morgan fingerprint density at radius 2 is 1.95 bits per heavy atom. The van der Waals surface area contributed by atoms with Gasteiger partial charge in [-0.1, -0.05) is 0 Å². The Morgan fingerprint density at radius 1 is 1.18 bits per heavy atom. The number of hydrogen-bond acceptors (Lipinski definition) is 7. The largest absolute Gasteiger partial charge is 0.466 e. The molecule has 0 unspecified atom stereocenters. The summed E-state index contributed by atoms with van der Waals surface area (Å²) in [6.45, 7) is 3.56. The summed E-state index contributed by atoms with van der Waals surface area (Å²) in [7, 11) is 0. The van der Waals surface area contributed by atoms with Crippen LogP contribution in [-0.2, 0) is 11.3 Å². The van der Waals surface area contributed by atoms with Gasteiger partial charge < -0.3 is 13.6 Å². The van der Waals surface area contributed by atoms with Crippen LogP contribution in [0.4, 0.5) is 0 Å². The maximum absolute atomic E-state index is 11.8. The third-order valence-electron chi connectivity index (χ3n) is 2.98. The van der Waals surface area contributed by atoms with Crippen LogP contribution in [0, 0.1) is 13.8 Å². The second-order valence-electron chi connectivity index (χ2n) is 4.64. The first-order valence-corrected chi connectivity index (χ1v) is 6.60. The summed E-state index contributed by atoms with van der Waals surface area (Å²) in [4.78, 5) is 15.6. The van der Waals surface area contributed by atoms with Gasteiger partial charge >= 0.3 is 5.97 Å². The van der Waals surface area contributed by atoms with Gasteiger partial charge in [0.1, 0.15) is 11.5 Å². The van der Waals surface area contributed by atoms with Gasteiger partial charge in [0.2, 0.25) is 0 Å². The minimum Gasteiger partial charge on any atom is -0.466 e. The molecule has 7 heteroatoms. The third-order valence-corrected chi connectivity index (χ3v) is 2.98. The van der Waals surface area contributed by atoms with E-state index in [1.165, 1.54) is 12.4 Å². The maximum atomic E-state index is 11.8. The molecule has 0 spiro atoms. The van der Waals surface area contributed by atoms with E-state index in [4.69, 9.17) is 13.6 Å². The highest BCUT2D eigenvalue weighted by molar-refractivity contribution is 5.89. The molecule has 0 amide bonds. The van der Waals surface area contributed by atoms with Crippen LogP contribution in [0.15, 0.2) is 39.4 Å². The van der Waals surface area contributed by atoms with Crippen molar-refractivity contribution in [2.45, 2.75) is 20.5 Å². The van der Waals surface area contributed by atoms with Crippen molar-refractivity contribution in [1.29, 1.82) is 0 Å². The average molecular weight is 299 g/mol. The summed E-state index contributed by atoms with van der Waals surface area (Å²) in [6, 6.07) is 4.95. The lowest BCUT2D eigenvalue weighted by Crippen LogP contribution is -2.05. The number of pyridine rings is 1. The summed E-state index contributed by atoms with van der Waals surface area (Å²) in [5.74, 6) is 1.54. The second-order valence-corrected chi connectivity index (χ2v) is 4.64. The molecule has 3 aromatic rings.